The Morgan fingerprint density at radius 1 is 0.584 bits per heavy atom. The first-order valence-electron chi connectivity index (χ1n) is 26.8. The number of nitrogens with one attached hydrogen (secondary N) is 4. The van der Waals surface area contributed by atoms with Crippen molar-refractivity contribution in [3.8, 4) is 11.1 Å². The monoisotopic (exact) mass is 1100 g/mol. The van der Waals surface area contributed by atoms with Crippen LogP contribution in [0.3, 0.4) is 0 Å². The van der Waals surface area contributed by atoms with Gasteiger partial charge in [0.1, 0.15) is 11.0 Å². The molecule has 4 atom stereocenters. The maximum atomic E-state index is 14.7. The Bertz CT molecular complexity index is 2650. The molecule has 0 saturated heterocycles. The van der Waals surface area contributed by atoms with Crippen LogP contribution in [-0.4, -0.2) is 139 Å². The Labute approximate surface area is 465 Å². The van der Waals surface area contributed by atoms with Crippen molar-refractivity contribution in [3.05, 3.63) is 117 Å². The zero-order valence-corrected chi connectivity index (χ0v) is 49.8. The minimum Gasteiger partial charge on any atom is -0.394 e. The molecule has 5 N–H and O–H groups in total. The molecule has 17 heteroatoms. The third kappa shape index (κ3) is 17.7. The quantitative estimate of drug-likeness (QED) is 0.0229. The van der Waals surface area contributed by atoms with Gasteiger partial charge < -0.3 is 48.9 Å². The van der Waals surface area contributed by atoms with Crippen LogP contribution in [0, 0.1) is 0 Å². The molecule has 0 bridgehead atoms. The van der Waals surface area contributed by atoms with Crippen LogP contribution >= 0.6 is 11.9 Å². The summed E-state index contributed by atoms with van der Waals surface area (Å²) in [6.07, 6.45) is 1.48. The molecule has 4 aromatic carbocycles. The standard InChI is InChI=1S/C55H72N4O9S2.C3H8O2.C2H6/c1-33(2)67-54(8,9)31-34(3)56-26-30-70(64)59-44-24-22-38(46-48(44)52(63)42-20-16-14-18-40(42)50(46)61)37-21-23-43(47-45(37)49(60)39-17-13-15-19-41(39)51(47)62)58-69-29-25-57-36(5)55(10,11)68-35(4)32-53(6,7)66-28-27-65-12;1-5-3-2-4;1-2/h13-24,33-36,56-59H,25-32H2,1-12H3;4H,2-3H2,1H3;1-2H3. The summed E-state index contributed by atoms with van der Waals surface area (Å²) < 4.78 is 48.2. The highest BCUT2D eigenvalue weighted by atomic mass is 32.2. The average molecular weight is 1100 g/mol. The Hall–Kier alpha value is -4.66. The minimum absolute atomic E-state index is 0.0104. The Morgan fingerprint density at radius 3 is 1.56 bits per heavy atom. The van der Waals surface area contributed by atoms with Crippen molar-refractivity contribution in [1.82, 2.24) is 10.6 Å². The number of aliphatic hydroxyl groups excluding tert-OH is 1. The summed E-state index contributed by atoms with van der Waals surface area (Å²) in [5.74, 6) is -0.728. The van der Waals surface area contributed by atoms with Crippen LogP contribution < -0.4 is 20.1 Å². The van der Waals surface area contributed by atoms with E-state index in [4.69, 9.17) is 24.1 Å². The molecule has 4 unspecified atom stereocenters. The molecule has 2 aliphatic rings. The van der Waals surface area contributed by atoms with Crippen molar-refractivity contribution in [2.75, 3.05) is 74.7 Å². The van der Waals surface area contributed by atoms with E-state index in [1.807, 2.05) is 41.5 Å². The number of ketones is 4. The smallest absolute Gasteiger partial charge is 0.196 e. The van der Waals surface area contributed by atoms with Crippen molar-refractivity contribution in [2.24, 2.45) is 0 Å². The Balaban J connectivity index is 0.00000173. The van der Waals surface area contributed by atoms with Gasteiger partial charge in [-0.15, -0.1) is 0 Å². The molecule has 0 aliphatic heterocycles. The third-order valence-corrected chi connectivity index (χ3v) is 14.8. The van der Waals surface area contributed by atoms with Gasteiger partial charge in [0.05, 0.1) is 83.7 Å². The first-order chi connectivity index (χ1) is 36.5. The molecule has 4 aromatic rings. The number of rotatable bonds is 28. The van der Waals surface area contributed by atoms with E-state index in [9.17, 15) is 23.4 Å². The lowest BCUT2D eigenvalue weighted by atomic mass is 9.76. The zero-order chi connectivity index (χ0) is 57.3. The molecular weight excluding hydrogens is 1020 g/mol. The average Bonchev–Trinajstić information content (AvgIpc) is 3.39. The molecule has 0 radical (unpaired) electrons. The van der Waals surface area contributed by atoms with Crippen LogP contribution in [-0.2, 0) is 34.7 Å². The highest BCUT2D eigenvalue weighted by Crippen LogP contribution is 2.44. The van der Waals surface area contributed by atoms with Gasteiger partial charge in [0.2, 0.25) is 0 Å². The number of carbonyl (C=O) groups is 4. The second-order valence-electron chi connectivity index (χ2n) is 21.0. The number of hydrogen-bond donors (Lipinski definition) is 5. The fraction of sp³-hybridized carbons (Fsp3) is 0.533. The summed E-state index contributed by atoms with van der Waals surface area (Å²) in [6.45, 7) is 29.2. The van der Waals surface area contributed by atoms with Gasteiger partial charge in [0.25, 0.3) is 0 Å². The molecule has 0 spiro atoms. The van der Waals surface area contributed by atoms with Crippen LogP contribution in [0.25, 0.3) is 11.1 Å². The summed E-state index contributed by atoms with van der Waals surface area (Å²) in [7, 11) is 1.56. The number of benzene rings is 4. The number of hydrogen-bond acceptors (Lipinski definition) is 15. The van der Waals surface area contributed by atoms with E-state index in [-0.39, 0.29) is 110 Å². The second kappa shape index (κ2) is 30.1. The topological polar surface area (TPSA) is 200 Å². The van der Waals surface area contributed by atoms with E-state index in [0.29, 0.717) is 61.9 Å². The number of fused-ring (bicyclic) bond motifs is 4. The van der Waals surface area contributed by atoms with E-state index >= 15 is 0 Å². The summed E-state index contributed by atoms with van der Waals surface area (Å²) in [6, 6.07) is 20.2. The van der Waals surface area contributed by atoms with E-state index in [1.54, 1.807) is 87.0 Å². The Kier molecular flexibility index (Phi) is 25.3. The fourth-order valence-corrected chi connectivity index (χ4v) is 11.2. The van der Waals surface area contributed by atoms with Gasteiger partial charge in [-0.05, 0) is 106 Å². The van der Waals surface area contributed by atoms with Crippen LogP contribution in [0.4, 0.5) is 11.4 Å². The van der Waals surface area contributed by atoms with Gasteiger partial charge in [-0.2, -0.15) is 0 Å². The normalized spacial score (nSPS) is 14.7. The van der Waals surface area contributed by atoms with Crippen molar-refractivity contribution in [3.63, 3.8) is 0 Å². The van der Waals surface area contributed by atoms with Gasteiger partial charge in [-0.25, -0.2) is 4.21 Å². The number of aliphatic hydroxyl groups is 1. The maximum Gasteiger partial charge on any atom is 0.196 e. The minimum atomic E-state index is -1.65. The molecule has 0 saturated carbocycles. The summed E-state index contributed by atoms with van der Waals surface area (Å²) in [5.41, 5.74) is 1.55. The fourth-order valence-electron chi connectivity index (χ4n) is 9.74. The summed E-state index contributed by atoms with van der Waals surface area (Å²) in [4.78, 5) is 58.5. The first kappa shape index (κ1) is 64.9. The summed E-state index contributed by atoms with van der Waals surface area (Å²) in [5, 5.41) is 15.0. The van der Waals surface area contributed by atoms with Crippen molar-refractivity contribution in [2.45, 2.75) is 144 Å². The molecule has 2 aliphatic carbocycles. The van der Waals surface area contributed by atoms with Crippen LogP contribution in [0.2, 0.25) is 0 Å². The molecule has 0 aromatic heterocycles. The van der Waals surface area contributed by atoms with E-state index in [1.165, 1.54) is 11.9 Å². The van der Waals surface area contributed by atoms with Gasteiger partial charge in [-0.3, -0.25) is 19.2 Å². The second-order valence-corrected chi connectivity index (χ2v) is 23.3. The highest BCUT2D eigenvalue weighted by molar-refractivity contribution is 8.00. The van der Waals surface area contributed by atoms with E-state index in [2.05, 4.69) is 73.3 Å². The number of methoxy groups -OCH3 is 2. The van der Waals surface area contributed by atoms with Crippen molar-refractivity contribution >= 4 is 57.4 Å². The molecule has 77 heavy (non-hydrogen) atoms. The van der Waals surface area contributed by atoms with Crippen molar-refractivity contribution < 1.29 is 52.2 Å². The predicted octanol–water partition coefficient (Wildman–Crippen LogP) is 10.3. The molecule has 0 fully saturated rings. The van der Waals surface area contributed by atoms with Gasteiger partial charge in [-0.1, -0.05) is 86.5 Å². The largest absolute Gasteiger partial charge is 0.394 e. The molecule has 0 heterocycles. The third-order valence-electron chi connectivity index (χ3n) is 13.0. The van der Waals surface area contributed by atoms with Crippen LogP contribution in [0.5, 0.6) is 0 Å². The van der Waals surface area contributed by atoms with E-state index in [0.717, 1.165) is 6.42 Å². The van der Waals surface area contributed by atoms with E-state index < -0.39 is 28.2 Å². The number of ether oxygens (including phenoxy) is 5. The molecule has 0 amide bonds. The lowest BCUT2D eigenvalue weighted by molar-refractivity contribution is -0.121. The number of carbonyl (C=O) groups excluding carboxylic acids is 4. The lowest BCUT2D eigenvalue weighted by Crippen LogP contribution is -2.49. The highest BCUT2D eigenvalue weighted by Gasteiger charge is 2.39. The van der Waals surface area contributed by atoms with Crippen LogP contribution in [0.1, 0.15) is 167 Å². The number of anilines is 2. The SMILES string of the molecule is CC.COCCO.COCCOC(C)(C)CC(C)OC(C)(C)C(C)NCCSNc1ccc(-c2ccc(NS(=O)CCNC(C)CC(C)(C)OC(C)C)c3c2C(=O)c2ccccc2C3=O)c2c1C(=O)c1ccccc1C2=O. The maximum absolute atomic E-state index is 14.7. The van der Waals surface area contributed by atoms with Gasteiger partial charge in [0.15, 0.2) is 23.1 Å². The molecule has 424 valence electrons. The van der Waals surface area contributed by atoms with Crippen LogP contribution in [0.15, 0.2) is 72.8 Å². The first-order valence-corrected chi connectivity index (χ1v) is 29.1. The predicted molar refractivity (Wildman–Crippen MR) is 313 cm³/mol. The Morgan fingerprint density at radius 2 is 1.08 bits per heavy atom. The molecule has 6 rings (SSSR count). The van der Waals surface area contributed by atoms with Crippen molar-refractivity contribution in [1.29, 1.82) is 0 Å². The van der Waals surface area contributed by atoms with Gasteiger partial charge >= 0.3 is 0 Å². The summed E-state index contributed by atoms with van der Waals surface area (Å²) >= 11 is 1.39. The van der Waals surface area contributed by atoms with Gasteiger partial charge in [0, 0.05) is 84.9 Å². The lowest BCUT2D eigenvalue weighted by Gasteiger charge is -2.37. The molecular formula is C60H86N4O11S2. The zero-order valence-electron chi connectivity index (χ0n) is 48.2. The molecule has 15 nitrogen and oxygen atoms in total.